The standard InChI is InChI=1S/C18H25NO3/c20-18(15-8-4-5-9-15)19-16-10-11-21-13-17(16)22-12-14-6-2-1-3-7-14/h1-3,6-7,15-17H,4-5,8-13H2,(H,19,20)/t16-,17-/m1/s1. The Hall–Kier alpha value is -1.39. The fraction of sp³-hybridized carbons (Fsp3) is 0.611. The second kappa shape index (κ2) is 7.75. The van der Waals surface area contributed by atoms with Crippen LogP contribution in [0.4, 0.5) is 0 Å². The number of rotatable bonds is 5. The minimum Gasteiger partial charge on any atom is -0.379 e. The molecule has 120 valence electrons. The average molecular weight is 303 g/mol. The predicted molar refractivity (Wildman–Crippen MR) is 84.3 cm³/mol. The largest absolute Gasteiger partial charge is 0.379 e. The highest BCUT2D eigenvalue weighted by Crippen LogP contribution is 2.25. The van der Waals surface area contributed by atoms with E-state index in [0.717, 1.165) is 24.8 Å². The van der Waals surface area contributed by atoms with Crippen molar-refractivity contribution in [2.45, 2.75) is 50.9 Å². The van der Waals surface area contributed by atoms with Crippen LogP contribution in [0.2, 0.25) is 0 Å². The van der Waals surface area contributed by atoms with Crippen molar-refractivity contribution in [1.82, 2.24) is 5.32 Å². The molecule has 2 atom stereocenters. The quantitative estimate of drug-likeness (QED) is 0.909. The lowest BCUT2D eigenvalue weighted by Crippen LogP contribution is -2.51. The third-order valence-corrected chi connectivity index (χ3v) is 4.66. The summed E-state index contributed by atoms with van der Waals surface area (Å²) in [6.45, 7) is 1.81. The predicted octanol–water partition coefficient (Wildman–Crippen LogP) is 2.67. The van der Waals surface area contributed by atoms with Gasteiger partial charge in [0.1, 0.15) is 6.10 Å². The van der Waals surface area contributed by atoms with E-state index in [2.05, 4.69) is 17.4 Å². The summed E-state index contributed by atoms with van der Waals surface area (Å²) < 4.78 is 11.5. The summed E-state index contributed by atoms with van der Waals surface area (Å²) in [7, 11) is 0. The molecule has 0 unspecified atom stereocenters. The van der Waals surface area contributed by atoms with Crippen LogP contribution in [0.5, 0.6) is 0 Å². The average Bonchev–Trinajstić information content (AvgIpc) is 3.10. The van der Waals surface area contributed by atoms with Gasteiger partial charge >= 0.3 is 0 Å². The van der Waals surface area contributed by atoms with E-state index in [-0.39, 0.29) is 24.0 Å². The molecular weight excluding hydrogens is 278 g/mol. The first-order chi connectivity index (χ1) is 10.8. The highest BCUT2D eigenvalue weighted by Gasteiger charge is 2.31. The van der Waals surface area contributed by atoms with E-state index in [1.54, 1.807) is 0 Å². The molecular formula is C18H25NO3. The molecule has 1 heterocycles. The zero-order valence-corrected chi connectivity index (χ0v) is 13.0. The lowest BCUT2D eigenvalue weighted by molar-refractivity contribution is -0.130. The molecule has 1 aliphatic carbocycles. The second-order valence-electron chi connectivity index (χ2n) is 6.30. The van der Waals surface area contributed by atoms with Crippen LogP contribution < -0.4 is 5.32 Å². The van der Waals surface area contributed by atoms with Gasteiger partial charge in [-0.2, -0.15) is 0 Å². The molecule has 1 amide bonds. The first-order valence-electron chi connectivity index (χ1n) is 8.36. The molecule has 0 spiro atoms. The Balaban J connectivity index is 1.53. The molecule has 0 aromatic heterocycles. The molecule has 2 fully saturated rings. The van der Waals surface area contributed by atoms with Crippen LogP contribution in [0.3, 0.4) is 0 Å². The summed E-state index contributed by atoms with van der Waals surface area (Å²) in [4.78, 5) is 12.3. The van der Waals surface area contributed by atoms with Crippen molar-refractivity contribution in [1.29, 1.82) is 0 Å². The number of hydrogen-bond acceptors (Lipinski definition) is 3. The molecule has 4 heteroatoms. The van der Waals surface area contributed by atoms with E-state index in [0.29, 0.717) is 19.8 Å². The number of ether oxygens (including phenoxy) is 2. The highest BCUT2D eigenvalue weighted by molar-refractivity contribution is 5.79. The zero-order valence-electron chi connectivity index (χ0n) is 13.0. The van der Waals surface area contributed by atoms with Crippen LogP contribution in [-0.2, 0) is 20.9 Å². The van der Waals surface area contributed by atoms with E-state index >= 15 is 0 Å². The Morgan fingerprint density at radius 2 is 1.95 bits per heavy atom. The maximum Gasteiger partial charge on any atom is 0.223 e. The molecule has 0 radical (unpaired) electrons. The first-order valence-corrected chi connectivity index (χ1v) is 8.36. The SMILES string of the molecule is O=C(N[C@@H]1CCOC[C@H]1OCc1ccccc1)C1CCCC1. The van der Waals surface area contributed by atoms with E-state index in [9.17, 15) is 4.79 Å². The van der Waals surface area contributed by atoms with E-state index in [4.69, 9.17) is 9.47 Å². The van der Waals surface area contributed by atoms with E-state index in [1.807, 2.05) is 18.2 Å². The smallest absolute Gasteiger partial charge is 0.223 e. The molecule has 1 saturated carbocycles. The molecule has 1 aliphatic heterocycles. The van der Waals surface area contributed by atoms with Gasteiger partial charge in [0.05, 0.1) is 19.3 Å². The van der Waals surface area contributed by atoms with Crippen molar-refractivity contribution >= 4 is 5.91 Å². The fourth-order valence-corrected chi connectivity index (χ4v) is 3.31. The Labute approximate surface area is 132 Å². The van der Waals surface area contributed by atoms with Gasteiger partial charge in [-0.05, 0) is 24.8 Å². The Bertz CT molecular complexity index is 470. The summed E-state index contributed by atoms with van der Waals surface area (Å²) in [5.41, 5.74) is 1.15. The van der Waals surface area contributed by atoms with Crippen molar-refractivity contribution in [2.24, 2.45) is 5.92 Å². The molecule has 1 saturated heterocycles. The van der Waals surface area contributed by atoms with Gasteiger partial charge in [-0.3, -0.25) is 4.79 Å². The lowest BCUT2D eigenvalue weighted by atomic mass is 10.0. The Kier molecular flexibility index (Phi) is 5.46. The van der Waals surface area contributed by atoms with Gasteiger partial charge in [-0.25, -0.2) is 0 Å². The van der Waals surface area contributed by atoms with Crippen LogP contribution in [0.15, 0.2) is 30.3 Å². The summed E-state index contributed by atoms with van der Waals surface area (Å²) >= 11 is 0. The van der Waals surface area contributed by atoms with Crippen LogP contribution in [0.25, 0.3) is 0 Å². The zero-order chi connectivity index (χ0) is 15.2. The first kappa shape index (κ1) is 15.5. The van der Waals surface area contributed by atoms with Crippen molar-refractivity contribution in [2.75, 3.05) is 13.2 Å². The molecule has 22 heavy (non-hydrogen) atoms. The third-order valence-electron chi connectivity index (χ3n) is 4.66. The van der Waals surface area contributed by atoms with E-state index < -0.39 is 0 Å². The molecule has 1 N–H and O–H groups in total. The van der Waals surface area contributed by atoms with Gasteiger partial charge < -0.3 is 14.8 Å². The van der Waals surface area contributed by atoms with Gasteiger partial charge in [-0.15, -0.1) is 0 Å². The Morgan fingerprint density at radius 1 is 1.18 bits per heavy atom. The minimum absolute atomic E-state index is 0.0562. The monoisotopic (exact) mass is 303 g/mol. The van der Waals surface area contributed by atoms with Gasteiger partial charge in [-0.1, -0.05) is 43.2 Å². The number of amides is 1. The fourth-order valence-electron chi connectivity index (χ4n) is 3.31. The summed E-state index contributed by atoms with van der Waals surface area (Å²) in [5.74, 6) is 0.412. The molecule has 0 bridgehead atoms. The summed E-state index contributed by atoms with van der Waals surface area (Å²) in [6, 6.07) is 10.2. The summed E-state index contributed by atoms with van der Waals surface area (Å²) in [5, 5.41) is 3.20. The van der Waals surface area contributed by atoms with Crippen molar-refractivity contribution in [3.05, 3.63) is 35.9 Å². The number of benzene rings is 1. The van der Waals surface area contributed by atoms with Crippen molar-refractivity contribution in [3.8, 4) is 0 Å². The van der Waals surface area contributed by atoms with Crippen LogP contribution >= 0.6 is 0 Å². The van der Waals surface area contributed by atoms with Crippen LogP contribution in [0.1, 0.15) is 37.7 Å². The van der Waals surface area contributed by atoms with Gasteiger partial charge in [0.15, 0.2) is 0 Å². The maximum atomic E-state index is 12.3. The van der Waals surface area contributed by atoms with Gasteiger partial charge in [0.2, 0.25) is 5.91 Å². The molecule has 1 aromatic carbocycles. The molecule has 1 aromatic rings. The highest BCUT2D eigenvalue weighted by atomic mass is 16.5. The third kappa shape index (κ3) is 4.08. The summed E-state index contributed by atoms with van der Waals surface area (Å²) in [6.07, 6.45) is 5.20. The van der Waals surface area contributed by atoms with Gasteiger partial charge in [0, 0.05) is 12.5 Å². The minimum atomic E-state index is -0.0562. The molecule has 4 nitrogen and oxygen atoms in total. The number of nitrogens with one attached hydrogen (secondary N) is 1. The molecule has 2 aliphatic rings. The molecule has 3 rings (SSSR count). The topological polar surface area (TPSA) is 47.6 Å². The number of carbonyl (C=O) groups excluding carboxylic acids is 1. The van der Waals surface area contributed by atoms with Crippen molar-refractivity contribution in [3.63, 3.8) is 0 Å². The number of hydrogen-bond donors (Lipinski definition) is 1. The lowest BCUT2D eigenvalue weighted by Gasteiger charge is -2.32. The van der Waals surface area contributed by atoms with Gasteiger partial charge in [0.25, 0.3) is 0 Å². The van der Waals surface area contributed by atoms with Crippen molar-refractivity contribution < 1.29 is 14.3 Å². The van der Waals surface area contributed by atoms with Crippen LogP contribution in [-0.4, -0.2) is 31.3 Å². The number of carbonyl (C=O) groups is 1. The Morgan fingerprint density at radius 3 is 2.73 bits per heavy atom. The second-order valence-corrected chi connectivity index (χ2v) is 6.30. The maximum absolute atomic E-state index is 12.3. The van der Waals surface area contributed by atoms with E-state index in [1.165, 1.54) is 12.8 Å². The normalized spacial score (nSPS) is 26.0. The van der Waals surface area contributed by atoms with Crippen LogP contribution in [0, 0.1) is 5.92 Å².